The Morgan fingerprint density at radius 2 is 2.24 bits per heavy atom. The van der Waals surface area contributed by atoms with Crippen molar-refractivity contribution in [2.45, 2.75) is 13.0 Å². The van der Waals surface area contributed by atoms with Crippen molar-refractivity contribution < 1.29 is 9.53 Å². The summed E-state index contributed by atoms with van der Waals surface area (Å²) in [4.78, 5) is 16.9. The number of nitrogens with zero attached hydrogens (tertiary/aromatic N) is 5. The predicted octanol–water partition coefficient (Wildman–Crippen LogP) is 3.79. The highest BCUT2D eigenvalue weighted by molar-refractivity contribution is 9.11. The Morgan fingerprint density at radius 1 is 1.44 bits per heavy atom. The van der Waals surface area contributed by atoms with Gasteiger partial charge in [0.2, 0.25) is 0 Å². The zero-order valence-electron chi connectivity index (χ0n) is 13.1. The maximum Gasteiger partial charge on any atom is 0.316 e. The van der Waals surface area contributed by atoms with Crippen LogP contribution in [0.25, 0.3) is 10.1 Å². The summed E-state index contributed by atoms with van der Waals surface area (Å²) >= 11 is 11.4. The number of rotatable bonds is 2. The number of tetrazole rings is 1. The van der Waals surface area contributed by atoms with Crippen molar-refractivity contribution >= 4 is 66.6 Å². The summed E-state index contributed by atoms with van der Waals surface area (Å²) < 4.78 is 8.51. The molecule has 1 aromatic carbocycles. The number of fused-ring (bicyclic) bond motifs is 2. The van der Waals surface area contributed by atoms with E-state index < -0.39 is 12.0 Å². The van der Waals surface area contributed by atoms with Gasteiger partial charge in [-0.2, -0.15) is 0 Å². The molecule has 0 spiro atoms. The number of hydrogen-bond donors (Lipinski definition) is 0. The Hall–Kier alpha value is -1.84. The van der Waals surface area contributed by atoms with E-state index in [9.17, 15) is 4.79 Å². The molecule has 2 unspecified atom stereocenters. The van der Waals surface area contributed by atoms with E-state index in [2.05, 4.69) is 36.4 Å². The Balaban J connectivity index is 2.02. The van der Waals surface area contributed by atoms with Crippen LogP contribution in [0.3, 0.4) is 0 Å². The minimum atomic E-state index is -0.630. The Bertz CT molecular complexity index is 1030. The van der Waals surface area contributed by atoms with Crippen molar-refractivity contribution in [1.29, 1.82) is 0 Å². The molecule has 3 aromatic rings. The fraction of sp³-hybridized carbons (Fsp3) is 0.267. The molecule has 4 rings (SSSR count). The first-order chi connectivity index (χ1) is 12.0. The molecular weight excluding hydrogens is 430 g/mol. The SMILES string of the molecule is COC(=O)C1C(C)=Nc2nnnn2C1c1c(Br)sc2ccc(Cl)cc12. The van der Waals surface area contributed by atoms with E-state index in [-0.39, 0.29) is 5.97 Å². The molecule has 0 bridgehead atoms. The van der Waals surface area contributed by atoms with Crippen LogP contribution in [0.15, 0.2) is 27.0 Å². The largest absolute Gasteiger partial charge is 0.468 e. The van der Waals surface area contributed by atoms with Crippen molar-refractivity contribution in [3.05, 3.63) is 32.6 Å². The molecule has 0 amide bonds. The average Bonchev–Trinajstić information content (AvgIpc) is 3.16. The molecule has 10 heteroatoms. The van der Waals surface area contributed by atoms with Crippen molar-refractivity contribution in [3.8, 4) is 0 Å². The molecule has 0 aliphatic carbocycles. The first-order valence-corrected chi connectivity index (χ1v) is 9.28. The maximum atomic E-state index is 12.5. The van der Waals surface area contributed by atoms with Gasteiger partial charge in [0, 0.05) is 26.4 Å². The van der Waals surface area contributed by atoms with Crippen LogP contribution in [-0.2, 0) is 9.53 Å². The molecule has 0 fully saturated rings. The lowest BCUT2D eigenvalue weighted by Gasteiger charge is -2.28. The molecule has 1 aliphatic heterocycles. The molecule has 128 valence electrons. The molecule has 25 heavy (non-hydrogen) atoms. The van der Waals surface area contributed by atoms with E-state index in [0.29, 0.717) is 16.7 Å². The van der Waals surface area contributed by atoms with Gasteiger partial charge in [-0.25, -0.2) is 9.67 Å². The molecule has 0 radical (unpaired) electrons. The molecule has 7 nitrogen and oxygen atoms in total. The van der Waals surface area contributed by atoms with Gasteiger partial charge in [-0.1, -0.05) is 16.7 Å². The smallest absolute Gasteiger partial charge is 0.316 e. The summed E-state index contributed by atoms with van der Waals surface area (Å²) in [6.07, 6.45) is 0. The fourth-order valence-corrected chi connectivity index (χ4v) is 5.18. The standard InChI is InChI=1S/C15H11BrClN5O2S/c1-6-10(14(23)24-2)12(22-15(18-6)19-20-21-22)11-8-5-7(17)3-4-9(8)25-13(11)16/h3-5,10,12H,1-2H3. The number of benzene rings is 1. The van der Waals surface area contributed by atoms with E-state index in [1.165, 1.54) is 7.11 Å². The van der Waals surface area contributed by atoms with E-state index in [0.717, 1.165) is 19.4 Å². The van der Waals surface area contributed by atoms with Crippen molar-refractivity contribution in [1.82, 2.24) is 20.2 Å². The van der Waals surface area contributed by atoms with Gasteiger partial charge < -0.3 is 4.74 Å². The Kier molecular flexibility index (Phi) is 4.09. The van der Waals surface area contributed by atoms with Crippen molar-refractivity contribution in [2.75, 3.05) is 7.11 Å². The number of aromatic nitrogens is 4. The van der Waals surface area contributed by atoms with Crippen LogP contribution >= 0.6 is 38.9 Å². The quantitative estimate of drug-likeness (QED) is 0.566. The van der Waals surface area contributed by atoms with Gasteiger partial charge >= 0.3 is 5.97 Å². The molecule has 3 heterocycles. The third-order valence-electron chi connectivity index (χ3n) is 4.18. The number of thiophene rings is 1. The van der Waals surface area contributed by atoms with Gasteiger partial charge in [-0.05, 0) is 51.5 Å². The first-order valence-electron chi connectivity index (χ1n) is 7.29. The third kappa shape index (κ3) is 2.57. The number of carbonyl (C=O) groups excluding carboxylic acids is 1. The summed E-state index contributed by atoms with van der Waals surface area (Å²) in [6, 6.07) is 5.20. The first kappa shape index (κ1) is 16.6. The molecule has 2 atom stereocenters. The maximum absolute atomic E-state index is 12.5. The van der Waals surface area contributed by atoms with Crippen LogP contribution < -0.4 is 0 Å². The summed E-state index contributed by atoms with van der Waals surface area (Å²) in [5.74, 6) is -0.661. The Labute approximate surface area is 159 Å². The predicted molar refractivity (Wildman–Crippen MR) is 98.8 cm³/mol. The minimum Gasteiger partial charge on any atom is -0.468 e. The summed E-state index contributed by atoms with van der Waals surface area (Å²) in [5.41, 5.74) is 1.49. The summed E-state index contributed by atoms with van der Waals surface area (Å²) in [5, 5.41) is 13.3. The number of hydrogen-bond acceptors (Lipinski definition) is 7. The summed E-state index contributed by atoms with van der Waals surface area (Å²) in [7, 11) is 1.36. The topological polar surface area (TPSA) is 82.3 Å². The second-order valence-corrected chi connectivity index (χ2v) is 8.36. The zero-order valence-corrected chi connectivity index (χ0v) is 16.3. The summed E-state index contributed by atoms with van der Waals surface area (Å²) in [6.45, 7) is 1.78. The van der Waals surface area contributed by atoms with Crippen LogP contribution in [0.1, 0.15) is 18.5 Å². The number of aliphatic imine (C=N–C) groups is 1. The fourth-order valence-electron chi connectivity index (χ4n) is 3.09. The number of halogens is 2. The van der Waals surface area contributed by atoms with Gasteiger partial charge in [0.25, 0.3) is 5.95 Å². The lowest BCUT2D eigenvalue weighted by atomic mass is 9.88. The van der Waals surface area contributed by atoms with Gasteiger partial charge in [0.05, 0.1) is 10.9 Å². The monoisotopic (exact) mass is 439 g/mol. The van der Waals surface area contributed by atoms with Crippen LogP contribution in [0.4, 0.5) is 5.95 Å². The number of carbonyl (C=O) groups is 1. The van der Waals surface area contributed by atoms with E-state index in [1.54, 1.807) is 22.9 Å². The molecule has 1 aliphatic rings. The van der Waals surface area contributed by atoms with Crippen molar-refractivity contribution in [2.24, 2.45) is 10.9 Å². The highest BCUT2D eigenvalue weighted by Gasteiger charge is 2.42. The average molecular weight is 441 g/mol. The highest BCUT2D eigenvalue weighted by atomic mass is 79.9. The number of methoxy groups -OCH3 is 1. The minimum absolute atomic E-state index is 0.357. The molecule has 0 saturated carbocycles. The second kappa shape index (κ2) is 6.15. The van der Waals surface area contributed by atoms with Gasteiger partial charge in [0.1, 0.15) is 12.0 Å². The lowest BCUT2D eigenvalue weighted by molar-refractivity contribution is -0.144. The second-order valence-electron chi connectivity index (χ2n) is 5.55. The zero-order chi connectivity index (χ0) is 17.7. The molecule has 2 aromatic heterocycles. The lowest BCUT2D eigenvalue weighted by Crippen LogP contribution is -2.36. The number of ether oxygens (including phenoxy) is 1. The highest BCUT2D eigenvalue weighted by Crippen LogP contribution is 2.46. The van der Waals surface area contributed by atoms with E-state index in [4.69, 9.17) is 16.3 Å². The van der Waals surface area contributed by atoms with Crippen LogP contribution in [0.5, 0.6) is 0 Å². The van der Waals surface area contributed by atoms with Gasteiger partial charge in [-0.3, -0.25) is 4.79 Å². The number of esters is 1. The van der Waals surface area contributed by atoms with Crippen molar-refractivity contribution in [3.63, 3.8) is 0 Å². The van der Waals surface area contributed by atoms with E-state index >= 15 is 0 Å². The Morgan fingerprint density at radius 3 is 3.00 bits per heavy atom. The van der Waals surface area contributed by atoms with Crippen LogP contribution in [0.2, 0.25) is 5.02 Å². The third-order valence-corrected chi connectivity index (χ3v) is 6.30. The molecular formula is C15H11BrClN5O2S. The molecule has 0 N–H and O–H groups in total. The van der Waals surface area contributed by atoms with Gasteiger partial charge in [-0.15, -0.1) is 11.3 Å². The normalized spacial score (nSPS) is 19.6. The van der Waals surface area contributed by atoms with E-state index in [1.807, 2.05) is 18.2 Å². The van der Waals surface area contributed by atoms with Crippen LogP contribution in [-0.4, -0.2) is 39.0 Å². The van der Waals surface area contributed by atoms with Crippen LogP contribution in [0, 0.1) is 5.92 Å². The molecule has 0 saturated heterocycles. The van der Waals surface area contributed by atoms with Gasteiger partial charge in [0.15, 0.2) is 0 Å².